The molecule has 0 radical (unpaired) electrons. The maximum absolute atomic E-state index is 10.6. The molecule has 1 aromatic heterocycles. The van der Waals surface area contributed by atoms with Gasteiger partial charge in [-0.1, -0.05) is 0 Å². The lowest BCUT2D eigenvalue weighted by Gasteiger charge is -2.09. The Balaban J connectivity index is 1.96. The molecule has 0 spiro atoms. The number of rotatable bonds is 5. The molecule has 100 valence electrons. The van der Waals surface area contributed by atoms with Crippen LogP contribution < -0.4 is 11.1 Å². The van der Waals surface area contributed by atoms with E-state index in [-0.39, 0.29) is 5.69 Å². The minimum absolute atomic E-state index is 0.00727. The Morgan fingerprint density at radius 2 is 2.32 bits per heavy atom. The van der Waals surface area contributed by atoms with E-state index in [0.717, 1.165) is 12.2 Å². The number of nitrogens with zero attached hydrogens (tertiary/aromatic N) is 3. The minimum atomic E-state index is -0.464. The second kappa shape index (κ2) is 5.38. The zero-order chi connectivity index (χ0) is 13.8. The predicted molar refractivity (Wildman–Crippen MR) is 72.9 cm³/mol. The van der Waals surface area contributed by atoms with Gasteiger partial charge in [0.25, 0.3) is 5.69 Å². The van der Waals surface area contributed by atoms with Crippen LogP contribution in [0.15, 0.2) is 30.6 Å². The quantitative estimate of drug-likeness (QED) is 0.483. The number of anilines is 2. The minimum Gasteiger partial charge on any atom is -0.397 e. The van der Waals surface area contributed by atoms with E-state index >= 15 is 0 Å². The van der Waals surface area contributed by atoms with Gasteiger partial charge in [0, 0.05) is 44.5 Å². The van der Waals surface area contributed by atoms with Crippen LogP contribution in [0.3, 0.4) is 0 Å². The van der Waals surface area contributed by atoms with E-state index in [0.29, 0.717) is 17.9 Å². The van der Waals surface area contributed by atoms with Gasteiger partial charge in [0.1, 0.15) is 5.82 Å². The van der Waals surface area contributed by atoms with Crippen molar-refractivity contribution in [3.05, 3.63) is 46.5 Å². The topological polar surface area (TPSA) is 99.0 Å². The fourth-order valence-corrected chi connectivity index (χ4v) is 1.77. The fourth-order valence-electron chi connectivity index (χ4n) is 1.77. The summed E-state index contributed by atoms with van der Waals surface area (Å²) in [7, 11) is 1.93. The molecule has 0 saturated heterocycles. The molecule has 0 aliphatic rings. The summed E-state index contributed by atoms with van der Waals surface area (Å²) in [5.41, 5.74) is 6.82. The molecule has 19 heavy (non-hydrogen) atoms. The van der Waals surface area contributed by atoms with E-state index in [1.807, 2.05) is 17.8 Å². The van der Waals surface area contributed by atoms with E-state index in [1.165, 1.54) is 12.1 Å². The number of hydrogen-bond donors (Lipinski definition) is 2. The highest BCUT2D eigenvalue weighted by Crippen LogP contribution is 2.23. The highest BCUT2D eigenvalue weighted by atomic mass is 16.6. The Hall–Kier alpha value is -2.57. The number of nitrogen functional groups attached to an aromatic ring is 1. The van der Waals surface area contributed by atoms with Gasteiger partial charge < -0.3 is 15.6 Å². The molecule has 2 aromatic rings. The second-order valence-corrected chi connectivity index (χ2v) is 4.16. The predicted octanol–water partition coefficient (Wildman–Crippen LogP) is 1.57. The molecule has 0 unspecified atom stereocenters. The average molecular weight is 261 g/mol. The van der Waals surface area contributed by atoms with E-state index < -0.39 is 4.92 Å². The van der Waals surface area contributed by atoms with Crippen molar-refractivity contribution in [2.75, 3.05) is 17.6 Å². The van der Waals surface area contributed by atoms with Crippen LogP contribution in [0.5, 0.6) is 0 Å². The molecule has 3 N–H and O–H groups in total. The lowest BCUT2D eigenvalue weighted by atomic mass is 10.2. The number of nitrogens with one attached hydrogen (secondary N) is 1. The lowest BCUT2D eigenvalue weighted by molar-refractivity contribution is -0.384. The van der Waals surface area contributed by atoms with Gasteiger partial charge in [0.05, 0.1) is 16.3 Å². The van der Waals surface area contributed by atoms with Crippen molar-refractivity contribution in [1.29, 1.82) is 0 Å². The third-order valence-corrected chi connectivity index (χ3v) is 2.83. The van der Waals surface area contributed by atoms with Crippen LogP contribution in [0.2, 0.25) is 0 Å². The first kappa shape index (κ1) is 12.9. The Morgan fingerprint density at radius 1 is 1.53 bits per heavy atom. The average Bonchev–Trinajstić information content (AvgIpc) is 2.77. The van der Waals surface area contributed by atoms with Crippen LogP contribution >= 0.6 is 0 Å². The van der Waals surface area contributed by atoms with Crippen LogP contribution in [0.25, 0.3) is 0 Å². The van der Waals surface area contributed by atoms with Gasteiger partial charge in [0.15, 0.2) is 0 Å². The van der Waals surface area contributed by atoms with E-state index in [9.17, 15) is 10.1 Å². The summed E-state index contributed by atoms with van der Waals surface area (Å²) in [6, 6.07) is 4.40. The van der Waals surface area contributed by atoms with Crippen molar-refractivity contribution in [3.63, 3.8) is 0 Å². The van der Waals surface area contributed by atoms with E-state index in [2.05, 4.69) is 10.3 Å². The summed E-state index contributed by atoms with van der Waals surface area (Å²) in [4.78, 5) is 14.3. The third kappa shape index (κ3) is 3.01. The lowest BCUT2D eigenvalue weighted by Crippen LogP contribution is -2.10. The van der Waals surface area contributed by atoms with Crippen LogP contribution in [-0.2, 0) is 13.5 Å². The SMILES string of the molecule is Cn1ccnc1CCNc1ccc([N+](=O)[O-])cc1N. The molecule has 7 heteroatoms. The number of nitro benzene ring substituents is 1. The first-order chi connectivity index (χ1) is 9.08. The molecule has 0 aliphatic heterocycles. The summed E-state index contributed by atoms with van der Waals surface area (Å²) in [5, 5.41) is 13.7. The van der Waals surface area contributed by atoms with Crippen molar-refractivity contribution >= 4 is 17.1 Å². The number of aromatic nitrogens is 2. The van der Waals surface area contributed by atoms with Crippen LogP contribution in [0.4, 0.5) is 17.1 Å². The standard InChI is InChI=1S/C12H15N5O2/c1-16-7-6-15-12(16)4-5-14-11-3-2-9(17(18)19)8-10(11)13/h2-3,6-8,14H,4-5,13H2,1H3. The summed E-state index contributed by atoms with van der Waals surface area (Å²) < 4.78 is 1.95. The van der Waals surface area contributed by atoms with Crippen molar-refractivity contribution in [3.8, 4) is 0 Å². The number of nitrogens with two attached hydrogens (primary N) is 1. The molecular weight excluding hydrogens is 246 g/mol. The number of imidazole rings is 1. The number of nitro groups is 1. The normalized spacial score (nSPS) is 10.4. The summed E-state index contributed by atoms with van der Waals surface area (Å²) in [5.74, 6) is 0.966. The zero-order valence-corrected chi connectivity index (χ0v) is 10.5. The van der Waals surface area contributed by atoms with Crippen molar-refractivity contribution < 1.29 is 4.92 Å². The Labute approximate surface area is 110 Å². The molecule has 0 saturated carbocycles. The van der Waals surface area contributed by atoms with Gasteiger partial charge in [-0.15, -0.1) is 0 Å². The largest absolute Gasteiger partial charge is 0.397 e. The first-order valence-electron chi connectivity index (χ1n) is 5.82. The van der Waals surface area contributed by atoms with Gasteiger partial charge >= 0.3 is 0 Å². The molecule has 0 aliphatic carbocycles. The molecule has 2 rings (SSSR count). The second-order valence-electron chi connectivity index (χ2n) is 4.16. The number of non-ortho nitro benzene ring substituents is 1. The van der Waals surface area contributed by atoms with Crippen LogP contribution in [0.1, 0.15) is 5.82 Å². The Bertz CT molecular complexity index is 594. The number of hydrogen-bond acceptors (Lipinski definition) is 5. The maximum Gasteiger partial charge on any atom is 0.271 e. The number of aryl methyl sites for hydroxylation is 1. The van der Waals surface area contributed by atoms with Crippen molar-refractivity contribution in [2.45, 2.75) is 6.42 Å². The van der Waals surface area contributed by atoms with Gasteiger partial charge in [0.2, 0.25) is 0 Å². The first-order valence-corrected chi connectivity index (χ1v) is 5.82. The van der Waals surface area contributed by atoms with Gasteiger partial charge in [-0.25, -0.2) is 4.98 Å². The monoisotopic (exact) mass is 261 g/mol. The molecule has 0 fully saturated rings. The van der Waals surface area contributed by atoms with E-state index in [1.54, 1.807) is 12.3 Å². The molecule has 0 amide bonds. The Morgan fingerprint density at radius 3 is 2.89 bits per heavy atom. The van der Waals surface area contributed by atoms with Crippen LogP contribution in [0, 0.1) is 10.1 Å². The maximum atomic E-state index is 10.6. The smallest absolute Gasteiger partial charge is 0.271 e. The highest BCUT2D eigenvalue weighted by Gasteiger charge is 2.08. The van der Waals surface area contributed by atoms with Crippen molar-refractivity contribution in [1.82, 2.24) is 9.55 Å². The number of benzene rings is 1. The molecule has 0 atom stereocenters. The fraction of sp³-hybridized carbons (Fsp3) is 0.250. The van der Waals surface area contributed by atoms with Gasteiger partial charge in [-0.2, -0.15) is 0 Å². The van der Waals surface area contributed by atoms with E-state index in [4.69, 9.17) is 5.73 Å². The summed E-state index contributed by atoms with van der Waals surface area (Å²) >= 11 is 0. The molecule has 7 nitrogen and oxygen atoms in total. The zero-order valence-electron chi connectivity index (χ0n) is 10.5. The third-order valence-electron chi connectivity index (χ3n) is 2.83. The van der Waals surface area contributed by atoms with Crippen molar-refractivity contribution in [2.24, 2.45) is 7.05 Å². The van der Waals surface area contributed by atoms with Gasteiger partial charge in [-0.3, -0.25) is 10.1 Å². The molecule has 1 heterocycles. The molecular formula is C12H15N5O2. The van der Waals surface area contributed by atoms with Gasteiger partial charge in [-0.05, 0) is 6.07 Å². The molecule has 1 aromatic carbocycles. The van der Waals surface area contributed by atoms with Crippen LogP contribution in [-0.4, -0.2) is 21.0 Å². The highest BCUT2D eigenvalue weighted by molar-refractivity contribution is 5.69. The summed E-state index contributed by atoms with van der Waals surface area (Å²) in [6.45, 7) is 0.660. The summed E-state index contributed by atoms with van der Waals surface area (Å²) in [6.07, 6.45) is 4.38. The Kier molecular flexibility index (Phi) is 3.65. The molecule has 0 bridgehead atoms.